The molecule has 2 aliphatic rings. The molecule has 0 saturated heterocycles. The van der Waals surface area contributed by atoms with Crippen LogP contribution in [-0.4, -0.2) is 26.7 Å². The van der Waals surface area contributed by atoms with Crippen LogP contribution in [0.3, 0.4) is 0 Å². The zero-order valence-electron chi connectivity index (χ0n) is 18.9. The molecule has 2 aliphatic carbocycles. The highest BCUT2D eigenvalue weighted by atomic mass is 16.3. The van der Waals surface area contributed by atoms with Crippen molar-refractivity contribution in [2.45, 2.75) is 97.6 Å². The summed E-state index contributed by atoms with van der Waals surface area (Å²) >= 11 is 0. The fourth-order valence-corrected chi connectivity index (χ4v) is 5.27. The smallest absolute Gasteiger partial charge is 0.334 e. The summed E-state index contributed by atoms with van der Waals surface area (Å²) in [6.07, 6.45) is 7.97. The first kappa shape index (κ1) is 22.6. The van der Waals surface area contributed by atoms with Gasteiger partial charge in [0.15, 0.2) is 5.56 Å². The number of aromatic hydroxyl groups is 1. The molecule has 30 heavy (non-hydrogen) atoms. The zero-order chi connectivity index (χ0) is 22.1. The van der Waals surface area contributed by atoms with E-state index in [0.717, 1.165) is 57.8 Å². The molecule has 1 aromatic rings. The second-order valence-corrected chi connectivity index (χ2v) is 10.0. The number of amides is 1. The van der Waals surface area contributed by atoms with Crippen molar-refractivity contribution in [3.63, 3.8) is 0 Å². The third kappa shape index (κ3) is 4.35. The van der Waals surface area contributed by atoms with E-state index in [0.29, 0.717) is 12.5 Å². The van der Waals surface area contributed by atoms with Crippen LogP contribution in [0.2, 0.25) is 0 Å². The third-order valence-electron chi connectivity index (χ3n) is 7.09. The SMILES string of the molecule is CCNC(=O)c1c(O)n(C2CCCCC2)c(=O)n(C2CCC(C(C)(C)C)CC2)c1=O. The maximum Gasteiger partial charge on any atom is 0.334 e. The average Bonchev–Trinajstić information content (AvgIpc) is 2.68. The molecule has 0 unspecified atom stereocenters. The predicted octanol–water partition coefficient (Wildman–Crippen LogP) is 3.75. The molecule has 0 atom stereocenters. The van der Waals surface area contributed by atoms with E-state index in [2.05, 4.69) is 26.1 Å². The Balaban J connectivity index is 2.08. The highest BCUT2D eigenvalue weighted by molar-refractivity contribution is 5.95. The molecule has 0 bridgehead atoms. The molecule has 0 spiro atoms. The first-order valence-electron chi connectivity index (χ1n) is 11.5. The van der Waals surface area contributed by atoms with Crippen molar-refractivity contribution in [3.8, 4) is 5.88 Å². The van der Waals surface area contributed by atoms with Gasteiger partial charge in [-0.05, 0) is 56.8 Å². The number of hydrogen-bond acceptors (Lipinski definition) is 4. The summed E-state index contributed by atoms with van der Waals surface area (Å²) < 4.78 is 2.61. The van der Waals surface area contributed by atoms with Gasteiger partial charge >= 0.3 is 5.69 Å². The van der Waals surface area contributed by atoms with Gasteiger partial charge in [0.1, 0.15) is 0 Å². The molecule has 2 saturated carbocycles. The van der Waals surface area contributed by atoms with E-state index >= 15 is 0 Å². The lowest BCUT2D eigenvalue weighted by atomic mass is 9.71. The molecule has 0 aliphatic heterocycles. The van der Waals surface area contributed by atoms with Gasteiger partial charge < -0.3 is 10.4 Å². The molecule has 1 amide bonds. The van der Waals surface area contributed by atoms with Crippen molar-refractivity contribution < 1.29 is 9.90 Å². The van der Waals surface area contributed by atoms with E-state index in [9.17, 15) is 19.5 Å². The van der Waals surface area contributed by atoms with E-state index in [1.165, 1.54) is 9.13 Å². The minimum Gasteiger partial charge on any atom is -0.494 e. The number of carbonyl (C=O) groups excluding carboxylic acids is 1. The number of nitrogens with zero attached hydrogens (tertiary/aromatic N) is 2. The van der Waals surface area contributed by atoms with Crippen molar-refractivity contribution in [3.05, 3.63) is 26.4 Å². The predicted molar refractivity (Wildman–Crippen MR) is 117 cm³/mol. The Morgan fingerprint density at radius 3 is 2.07 bits per heavy atom. The van der Waals surface area contributed by atoms with Crippen molar-refractivity contribution in [1.82, 2.24) is 14.5 Å². The van der Waals surface area contributed by atoms with Crippen LogP contribution in [0.15, 0.2) is 9.59 Å². The molecule has 0 radical (unpaired) electrons. The monoisotopic (exact) mass is 419 g/mol. The van der Waals surface area contributed by atoms with Crippen LogP contribution < -0.4 is 16.6 Å². The fourth-order valence-electron chi connectivity index (χ4n) is 5.27. The zero-order valence-corrected chi connectivity index (χ0v) is 18.9. The van der Waals surface area contributed by atoms with E-state index in [-0.39, 0.29) is 23.1 Å². The van der Waals surface area contributed by atoms with E-state index in [4.69, 9.17) is 0 Å². The minimum atomic E-state index is -0.658. The average molecular weight is 420 g/mol. The van der Waals surface area contributed by atoms with E-state index in [1.54, 1.807) is 6.92 Å². The quantitative estimate of drug-likeness (QED) is 0.777. The summed E-state index contributed by atoms with van der Waals surface area (Å²) in [5.74, 6) is -0.533. The topological polar surface area (TPSA) is 93.3 Å². The summed E-state index contributed by atoms with van der Waals surface area (Å²) in [5, 5.41) is 13.5. The molecular formula is C23H37N3O4. The van der Waals surface area contributed by atoms with Gasteiger partial charge in [-0.2, -0.15) is 0 Å². The van der Waals surface area contributed by atoms with Crippen molar-refractivity contribution in [2.75, 3.05) is 6.54 Å². The Morgan fingerprint density at radius 1 is 0.967 bits per heavy atom. The molecular weight excluding hydrogens is 382 g/mol. The number of hydrogen-bond donors (Lipinski definition) is 2. The van der Waals surface area contributed by atoms with Gasteiger partial charge in [0.05, 0.1) is 0 Å². The van der Waals surface area contributed by atoms with Crippen molar-refractivity contribution in [2.24, 2.45) is 11.3 Å². The highest BCUT2D eigenvalue weighted by Gasteiger charge is 2.34. The molecule has 1 heterocycles. The molecule has 1 aromatic heterocycles. The standard InChI is InChI=1S/C23H37N3O4/c1-5-24-19(27)18-20(28)25(16-9-7-6-8-10-16)22(30)26(21(18)29)17-13-11-15(12-14-17)23(2,3)4/h15-17,28H,5-14H2,1-4H3,(H,24,27). The van der Waals surface area contributed by atoms with Crippen molar-refractivity contribution in [1.29, 1.82) is 0 Å². The van der Waals surface area contributed by atoms with Gasteiger partial charge in [0.25, 0.3) is 11.5 Å². The minimum absolute atomic E-state index is 0.169. The molecule has 7 heteroatoms. The molecule has 2 N–H and O–H groups in total. The van der Waals surface area contributed by atoms with Crippen LogP contribution in [-0.2, 0) is 0 Å². The molecule has 3 rings (SSSR count). The van der Waals surface area contributed by atoms with Crippen LogP contribution in [0, 0.1) is 11.3 Å². The fraction of sp³-hybridized carbons (Fsp3) is 0.783. The van der Waals surface area contributed by atoms with Crippen LogP contribution in [0.4, 0.5) is 0 Å². The van der Waals surface area contributed by atoms with Gasteiger partial charge in [-0.15, -0.1) is 0 Å². The maximum absolute atomic E-state index is 13.5. The Morgan fingerprint density at radius 2 is 1.53 bits per heavy atom. The number of rotatable bonds is 4. The van der Waals surface area contributed by atoms with Gasteiger partial charge in [-0.3, -0.25) is 18.7 Å². The number of carbonyl (C=O) groups is 1. The normalized spacial score (nSPS) is 23.3. The van der Waals surface area contributed by atoms with Gasteiger partial charge in [0, 0.05) is 18.6 Å². The number of nitrogens with one attached hydrogen (secondary N) is 1. The van der Waals surface area contributed by atoms with Crippen LogP contribution in [0.5, 0.6) is 5.88 Å². The van der Waals surface area contributed by atoms with Crippen LogP contribution in [0.25, 0.3) is 0 Å². The lowest BCUT2D eigenvalue weighted by molar-refractivity contribution is 0.0945. The second-order valence-electron chi connectivity index (χ2n) is 10.0. The number of aromatic nitrogens is 2. The molecule has 7 nitrogen and oxygen atoms in total. The lowest BCUT2D eigenvalue weighted by Crippen LogP contribution is -2.48. The largest absolute Gasteiger partial charge is 0.494 e. The second kappa shape index (κ2) is 8.98. The van der Waals surface area contributed by atoms with Crippen molar-refractivity contribution >= 4 is 5.91 Å². The highest BCUT2D eigenvalue weighted by Crippen LogP contribution is 2.41. The third-order valence-corrected chi connectivity index (χ3v) is 7.09. The Bertz CT molecular complexity index is 879. The summed E-state index contributed by atoms with van der Waals surface area (Å²) in [6.45, 7) is 8.80. The summed E-state index contributed by atoms with van der Waals surface area (Å²) in [7, 11) is 0. The Hall–Kier alpha value is -2.05. The maximum atomic E-state index is 13.5. The van der Waals surface area contributed by atoms with Gasteiger partial charge in [-0.1, -0.05) is 40.0 Å². The first-order chi connectivity index (χ1) is 14.2. The molecule has 2 fully saturated rings. The first-order valence-corrected chi connectivity index (χ1v) is 11.5. The van der Waals surface area contributed by atoms with E-state index in [1.807, 2.05) is 0 Å². The molecule has 0 aromatic carbocycles. The summed E-state index contributed by atoms with van der Waals surface area (Å²) in [5.41, 5.74) is -1.22. The molecule has 168 valence electrons. The Kier molecular flexibility index (Phi) is 6.78. The van der Waals surface area contributed by atoms with Gasteiger partial charge in [0.2, 0.25) is 5.88 Å². The van der Waals surface area contributed by atoms with Crippen LogP contribution in [0.1, 0.15) is 108 Å². The Labute approximate surface area is 178 Å². The summed E-state index contributed by atoms with van der Waals surface area (Å²) in [4.78, 5) is 39.4. The van der Waals surface area contributed by atoms with Crippen LogP contribution >= 0.6 is 0 Å². The lowest BCUT2D eigenvalue weighted by Gasteiger charge is -2.37. The summed E-state index contributed by atoms with van der Waals surface area (Å²) in [6, 6.07) is -0.399. The van der Waals surface area contributed by atoms with Gasteiger partial charge in [-0.25, -0.2) is 4.79 Å². The van der Waals surface area contributed by atoms with E-state index < -0.39 is 23.0 Å².